The van der Waals surface area contributed by atoms with E-state index in [9.17, 15) is 9.59 Å². The molecule has 2 amide bonds. The molecule has 1 aliphatic heterocycles. The summed E-state index contributed by atoms with van der Waals surface area (Å²) >= 11 is 1.41. The standard InChI is InChI=1S/C23H23N3O3S/c1-15-12-26(13-16(2)29-15)23(28)18-10-6-7-11-19(18)24-21(27)20-14-30-22(25-20)17-8-4-3-5-9-17/h3-11,14-16H,12-13H2,1-2H3,(H,24,27). The average molecular weight is 422 g/mol. The molecule has 0 radical (unpaired) electrons. The average Bonchev–Trinajstić information content (AvgIpc) is 3.24. The van der Waals surface area contributed by atoms with E-state index in [1.54, 1.807) is 34.5 Å². The van der Waals surface area contributed by atoms with Gasteiger partial charge in [-0.2, -0.15) is 0 Å². The molecule has 2 atom stereocenters. The van der Waals surface area contributed by atoms with Crippen LogP contribution in [0.1, 0.15) is 34.7 Å². The lowest BCUT2D eigenvalue weighted by Gasteiger charge is -2.35. The maximum atomic E-state index is 13.1. The zero-order chi connectivity index (χ0) is 21.1. The molecule has 1 aliphatic rings. The Morgan fingerprint density at radius 3 is 2.43 bits per heavy atom. The summed E-state index contributed by atoms with van der Waals surface area (Å²) in [6, 6.07) is 16.8. The van der Waals surface area contributed by atoms with Crippen molar-refractivity contribution in [3.05, 3.63) is 71.2 Å². The van der Waals surface area contributed by atoms with E-state index in [2.05, 4.69) is 10.3 Å². The third-order valence-electron chi connectivity index (χ3n) is 4.87. The van der Waals surface area contributed by atoms with E-state index in [0.29, 0.717) is 30.0 Å². The first kappa shape index (κ1) is 20.3. The number of hydrogen-bond acceptors (Lipinski definition) is 5. The van der Waals surface area contributed by atoms with E-state index in [-0.39, 0.29) is 24.0 Å². The summed E-state index contributed by atoms with van der Waals surface area (Å²) in [5.41, 5.74) is 2.24. The van der Waals surface area contributed by atoms with Crippen molar-refractivity contribution in [2.24, 2.45) is 0 Å². The minimum atomic E-state index is -0.336. The number of carbonyl (C=O) groups excluding carboxylic acids is 2. The molecule has 1 fully saturated rings. The van der Waals surface area contributed by atoms with Gasteiger partial charge in [-0.25, -0.2) is 4.98 Å². The molecule has 0 spiro atoms. The first-order chi connectivity index (χ1) is 14.5. The number of nitrogens with one attached hydrogen (secondary N) is 1. The smallest absolute Gasteiger partial charge is 0.275 e. The van der Waals surface area contributed by atoms with Crippen LogP contribution < -0.4 is 5.32 Å². The van der Waals surface area contributed by atoms with Gasteiger partial charge in [-0.3, -0.25) is 9.59 Å². The van der Waals surface area contributed by atoms with E-state index < -0.39 is 0 Å². The van der Waals surface area contributed by atoms with Gasteiger partial charge in [0.05, 0.1) is 23.5 Å². The van der Waals surface area contributed by atoms with E-state index in [0.717, 1.165) is 10.6 Å². The number of anilines is 1. The predicted molar refractivity (Wildman–Crippen MR) is 118 cm³/mol. The summed E-state index contributed by atoms with van der Waals surface area (Å²) in [4.78, 5) is 32.2. The Morgan fingerprint density at radius 1 is 1.03 bits per heavy atom. The Labute approximate surface area is 179 Å². The fourth-order valence-corrected chi connectivity index (χ4v) is 4.38. The molecule has 1 N–H and O–H groups in total. The topological polar surface area (TPSA) is 71.5 Å². The minimum Gasteiger partial charge on any atom is -0.372 e. The van der Waals surface area contributed by atoms with Crippen molar-refractivity contribution in [1.29, 1.82) is 0 Å². The van der Waals surface area contributed by atoms with Gasteiger partial charge in [0, 0.05) is 24.0 Å². The lowest BCUT2D eigenvalue weighted by molar-refractivity contribution is -0.0585. The van der Waals surface area contributed by atoms with Gasteiger partial charge in [-0.1, -0.05) is 42.5 Å². The number of thiazole rings is 1. The molecule has 2 aromatic carbocycles. The highest BCUT2D eigenvalue weighted by Gasteiger charge is 2.28. The van der Waals surface area contributed by atoms with Crippen molar-refractivity contribution in [1.82, 2.24) is 9.88 Å². The lowest BCUT2D eigenvalue weighted by atomic mass is 10.1. The van der Waals surface area contributed by atoms with Gasteiger partial charge in [-0.15, -0.1) is 11.3 Å². The second kappa shape index (κ2) is 8.77. The molecule has 2 heterocycles. The van der Waals surface area contributed by atoms with Gasteiger partial charge in [0.25, 0.3) is 11.8 Å². The number of rotatable bonds is 4. The predicted octanol–water partition coefficient (Wildman–Crippen LogP) is 4.31. The Balaban J connectivity index is 1.52. The van der Waals surface area contributed by atoms with E-state index in [1.165, 1.54) is 11.3 Å². The number of morpholine rings is 1. The zero-order valence-corrected chi connectivity index (χ0v) is 17.7. The summed E-state index contributed by atoms with van der Waals surface area (Å²) in [6.45, 7) is 4.96. The van der Waals surface area contributed by atoms with Gasteiger partial charge in [0.15, 0.2) is 0 Å². The van der Waals surface area contributed by atoms with Crippen LogP contribution >= 0.6 is 11.3 Å². The molecule has 154 valence electrons. The molecule has 2 unspecified atom stereocenters. The molecule has 1 saturated heterocycles. The quantitative estimate of drug-likeness (QED) is 0.681. The summed E-state index contributed by atoms with van der Waals surface area (Å²) in [6.07, 6.45) is -0.0447. The maximum Gasteiger partial charge on any atom is 0.275 e. The second-order valence-corrected chi connectivity index (χ2v) is 8.23. The number of aromatic nitrogens is 1. The van der Waals surface area contributed by atoms with Crippen LogP contribution in [-0.4, -0.2) is 47.0 Å². The normalized spacial score (nSPS) is 18.8. The number of carbonyl (C=O) groups is 2. The fourth-order valence-electron chi connectivity index (χ4n) is 3.57. The molecule has 3 aromatic rings. The highest BCUT2D eigenvalue weighted by atomic mass is 32.1. The van der Waals surface area contributed by atoms with Crippen LogP contribution in [0.3, 0.4) is 0 Å². The Hall–Kier alpha value is -3.03. The Bertz CT molecular complexity index is 1040. The van der Waals surface area contributed by atoms with Crippen LogP contribution in [0, 0.1) is 0 Å². The number of nitrogens with zero attached hydrogens (tertiary/aromatic N) is 2. The highest BCUT2D eigenvalue weighted by Crippen LogP contribution is 2.25. The third kappa shape index (κ3) is 4.42. The number of amides is 2. The molecule has 0 aliphatic carbocycles. The van der Waals surface area contributed by atoms with Crippen molar-refractivity contribution >= 4 is 28.8 Å². The first-order valence-corrected chi connectivity index (χ1v) is 10.8. The van der Waals surface area contributed by atoms with E-state index >= 15 is 0 Å². The number of para-hydroxylation sites is 1. The van der Waals surface area contributed by atoms with E-state index in [4.69, 9.17) is 4.74 Å². The van der Waals surface area contributed by atoms with Crippen LogP contribution in [0.2, 0.25) is 0 Å². The molecule has 6 nitrogen and oxygen atoms in total. The summed E-state index contributed by atoms with van der Waals surface area (Å²) in [5, 5.41) is 5.37. The van der Waals surface area contributed by atoms with Crippen molar-refractivity contribution in [3.8, 4) is 10.6 Å². The lowest BCUT2D eigenvalue weighted by Crippen LogP contribution is -2.48. The summed E-state index contributed by atoms with van der Waals surface area (Å²) in [5.74, 6) is -0.450. The Kier molecular flexibility index (Phi) is 5.92. The van der Waals surface area contributed by atoms with Crippen LogP contribution in [0.15, 0.2) is 60.0 Å². The number of benzene rings is 2. The van der Waals surface area contributed by atoms with Crippen LogP contribution in [-0.2, 0) is 4.74 Å². The monoisotopic (exact) mass is 421 g/mol. The van der Waals surface area contributed by atoms with Gasteiger partial charge in [0.2, 0.25) is 0 Å². The summed E-state index contributed by atoms with van der Waals surface area (Å²) < 4.78 is 5.72. The van der Waals surface area contributed by atoms with Crippen molar-refractivity contribution in [2.75, 3.05) is 18.4 Å². The molecular formula is C23H23N3O3S. The molecule has 0 bridgehead atoms. The molecule has 1 aromatic heterocycles. The Morgan fingerprint density at radius 2 is 1.70 bits per heavy atom. The number of ether oxygens (including phenoxy) is 1. The second-order valence-electron chi connectivity index (χ2n) is 7.37. The van der Waals surface area contributed by atoms with E-state index in [1.807, 2.05) is 44.2 Å². The van der Waals surface area contributed by atoms with Gasteiger partial charge in [0.1, 0.15) is 10.7 Å². The van der Waals surface area contributed by atoms with Crippen molar-refractivity contribution < 1.29 is 14.3 Å². The molecule has 7 heteroatoms. The number of hydrogen-bond donors (Lipinski definition) is 1. The molecule has 0 saturated carbocycles. The first-order valence-electron chi connectivity index (χ1n) is 9.87. The largest absolute Gasteiger partial charge is 0.372 e. The maximum absolute atomic E-state index is 13.1. The third-order valence-corrected chi connectivity index (χ3v) is 5.76. The van der Waals surface area contributed by atoms with Crippen molar-refractivity contribution in [2.45, 2.75) is 26.1 Å². The zero-order valence-electron chi connectivity index (χ0n) is 16.9. The minimum absolute atomic E-state index is 0.0223. The summed E-state index contributed by atoms with van der Waals surface area (Å²) in [7, 11) is 0. The van der Waals surface area contributed by atoms with Crippen LogP contribution in [0.4, 0.5) is 5.69 Å². The van der Waals surface area contributed by atoms with Gasteiger partial charge < -0.3 is 15.0 Å². The van der Waals surface area contributed by atoms with Crippen LogP contribution in [0.5, 0.6) is 0 Å². The van der Waals surface area contributed by atoms with Gasteiger partial charge in [-0.05, 0) is 26.0 Å². The molecular weight excluding hydrogens is 398 g/mol. The van der Waals surface area contributed by atoms with Gasteiger partial charge >= 0.3 is 0 Å². The molecule has 30 heavy (non-hydrogen) atoms. The molecule has 4 rings (SSSR count). The highest BCUT2D eigenvalue weighted by molar-refractivity contribution is 7.13. The van der Waals surface area contributed by atoms with Crippen molar-refractivity contribution in [3.63, 3.8) is 0 Å². The van der Waals surface area contributed by atoms with Crippen LogP contribution in [0.25, 0.3) is 10.6 Å². The fraction of sp³-hybridized carbons (Fsp3) is 0.261. The SMILES string of the molecule is CC1CN(C(=O)c2ccccc2NC(=O)c2csc(-c3ccccc3)n2)CC(C)O1.